The summed E-state index contributed by atoms with van der Waals surface area (Å²) in [5.41, 5.74) is 3.98. The topological polar surface area (TPSA) is 79.1 Å². The van der Waals surface area contributed by atoms with Crippen LogP contribution in [0.4, 0.5) is 0 Å². The maximum atomic E-state index is 14.4. The molecule has 0 spiro atoms. The van der Waals surface area contributed by atoms with Gasteiger partial charge in [-0.05, 0) is 77.9 Å². The molecule has 0 saturated heterocycles. The molecular formula is C42H36N2O5S2. The molecule has 256 valence electrons. The molecule has 0 amide bonds. The summed E-state index contributed by atoms with van der Waals surface area (Å²) < 4.78 is 20.0. The quantitative estimate of drug-likeness (QED) is 0.101. The van der Waals surface area contributed by atoms with Gasteiger partial charge < -0.3 is 14.2 Å². The summed E-state index contributed by atoms with van der Waals surface area (Å²) in [4.78, 5) is 34.7. The van der Waals surface area contributed by atoms with Gasteiger partial charge in [-0.25, -0.2) is 9.79 Å². The Kier molecular flexibility index (Phi) is 10.2. The molecule has 7 rings (SSSR count). The lowest BCUT2D eigenvalue weighted by Crippen LogP contribution is -2.40. The molecule has 1 aromatic heterocycles. The molecule has 6 aromatic rings. The van der Waals surface area contributed by atoms with Crippen molar-refractivity contribution in [3.05, 3.63) is 163 Å². The van der Waals surface area contributed by atoms with Crippen molar-refractivity contribution in [2.24, 2.45) is 4.99 Å². The van der Waals surface area contributed by atoms with E-state index in [1.165, 1.54) is 11.3 Å². The minimum absolute atomic E-state index is 0.191. The van der Waals surface area contributed by atoms with Crippen LogP contribution >= 0.6 is 23.1 Å². The zero-order valence-electron chi connectivity index (χ0n) is 28.5. The highest BCUT2D eigenvalue weighted by molar-refractivity contribution is 7.98. The monoisotopic (exact) mass is 712 g/mol. The lowest BCUT2D eigenvalue weighted by Gasteiger charge is -2.26. The average Bonchev–Trinajstić information content (AvgIpc) is 3.48. The van der Waals surface area contributed by atoms with E-state index in [1.807, 2.05) is 110 Å². The molecule has 0 aliphatic carbocycles. The number of carbonyl (C=O) groups is 1. The van der Waals surface area contributed by atoms with Crippen molar-refractivity contribution >= 4 is 51.6 Å². The van der Waals surface area contributed by atoms with E-state index in [0.29, 0.717) is 45.3 Å². The number of thiazole rings is 1. The van der Waals surface area contributed by atoms with Crippen molar-refractivity contribution in [1.82, 2.24) is 4.57 Å². The number of esters is 1. The number of aromatic nitrogens is 1. The van der Waals surface area contributed by atoms with Gasteiger partial charge in [0.2, 0.25) is 0 Å². The average molecular weight is 713 g/mol. The smallest absolute Gasteiger partial charge is 0.338 e. The first-order chi connectivity index (χ1) is 25.0. The van der Waals surface area contributed by atoms with Crippen LogP contribution in [0.15, 0.2) is 136 Å². The third kappa shape index (κ3) is 7.00. The van der Waals surface area contributed by atoms with Crippen molar-refractivity contribution in [2.75, 3.05) is 19.5 Å². The molecule has 0 saturated carbocycles. The van der Waals surface area contributed by atoms with Crippen LogP contribution in [0.2, 0.25) is 0 Å². The van der Waals surface area contributed by atoms with Crippen molar-refractivity contribution in [2.45, 2.75) is 31.4 Å². The zero-order valence-corrected chi connectivity index (χ0v) is 30.1. The van der Waals surface area contributed by atoms with Gasteiger partial charge in [0.25, 0.3) is 5.56 Å². The second kappa shape index (κ2) is 15.2. The summed E-state index contributed by atoms with van der Waals surface area (Å²) in [6.45, 7) is 4.72. The maximum absolute atomic E-state index is 14.4. The summed E-state index contributed by atoms with van der Waals surface area (Å²) in [7, 11) is 0. The van der Waals surface area contributed by atoms with E-state index in [9.17, 15) is 9.59 Å². The van der Waals surface area contributed by atoms with Gasteiger partial charge in [-0.3, -0.25) is 9.36 Å². The molecular weight excluding hydrogens is 677 g/mol. The Hall–Kier alpha value is -5.38. The van der Waals surface area contributed by atoms with Gasteiger partial charge in [-0.1, -0.05) is 102 Å². The third-order valence-corrected chi connectivity index (χ3v) is 10.4. The van der Waals surface area contributed by atoms with Gasteiger partial charge in [-0.15, -0.1) is 11.8 Å². The summed E-state index contributed by atoms with van der Waals surface area (Å²) in [6, 6.07) is 36.9. The number of hydrogen-bond acceptors (Lipinski definition) is 8. The first-order valence-corrected chi connectivity index (χ1v) is 18.8. The van der Waals surface area contributed by atoms with E-state index in [4.69, 9.17) is 19.2 Å². The van der Waals surface area contributed by atoms with Crippen molar-refractivity contribution in [3.63, 3.8) is 0 Å². The Balaban J connectivity index is 1.32. The summed E-state index contributed by atoms with van der Waals surface area (Å²) in [5, 5.41) is 2.30. The molecule has 1 atom stereocenters. The fourth-order valence-corrected chi connectivity index (χ4v) is 7.68. The molecule has 0 bridgehead atoms. The fourth-order valence-electron chi connectivity index (χ4n) is 6.27. The third-order valence-electron chi connectivity index (χ3n) is 8.63. The van der Waals surface area contributed by atoms with Gasteiger partial charge in [0.15, 0.2) is 16.3 Å². The van der Waals surface area contributed by atoms with Gasteiger partial charge in [0, 0.05) is 10.5 Å². The van der Waals surface area contributed by atoms with E-state index in [0.717, 1.165) is 37.9 Å². The van der Waals surface area contributed by atoms with Crippen LogP contribution in [0.5, 0.6) is 11.5 Å². The Morgan fingerprint density at radius 3 is 2.39 bits per heavy atom. The van der Waals surface area contributed by atoms with Crippen molar-refractivity contribution in [1.29, 1.82) is 0 Å². The highest BCUT2D eigenvalue weighted by Crippen LogP contribution is 2.36. The highest BCUT2D eigenvalue weighted by Gasteiger charge is 2.35. The lowest BCUT2D eigenvalue weighted by atomic mass is 9.93. The number of benzene rings is 5. The highest BCUT2D eigenvalue weighted by atomic mass is 32.2. The Morgan fingerprint density at radius 2 is 1.63 bits per heavy atom. The maximum Gasteiger partial charge on any atom is 0.338 e. The molecule has 51 heavy (non-hydrogen) atoms. The predicted octanol–water partition coefficient (Wildman–Crippen LogP) is 7.79. The molecule has 1 aliphatic heterocycles. The predicted molar refractivity (Wildman–Crippen MR) is 205 cm³/mol. The van der Waals surface area contributed by atoms with Crippen LogP contribution in [0.25, 0.3) is 22.5 Å². The van der Waals surface area contributed by atoms with Gasteiger partial charge >= 0.3 is 5.97 Å². The molecule has 0 fully saturated rings. The van der Waals surface area contributed by atoms with E-state index in [2.05, 4.69) is 24.3 Å². The molecule has 0 unspecified atom stereocenters. The van der Waals surface area contributed by atoms with Crippen LogP contribution in [0, 0.1) is 0 Å². The van der Waals surface area contributed by atoms with Gasteiger partial charge in [0.1, 0.15) is 6.61 Å². The number of nitrogens with zero attached hydrogens (tertiary/aromatic N) is 2. The fraction of sp³-hybridized carbons (Fsp3) is 0.167. The SMILES string of the molecule is CCOC(=O)C1=C(c2ccccc2)N=c2s/c(=C\c3ccc(OCc4cccc5ccccc45)c(OCC)c3)c(=O)n2[C@H]1c1ccc(SC)cc1. The van der Waals surface area contributed by atoms with E-state index >= 15 is 0 Å². The van der Waals surface area contributed by atoms with Crippen LogP contribution in [0.1, 0.15) is 42.1 Å². The van der Waals surface area contributed by atoms with Crippen LogP contribution in [0.3, 0.4) is 0 Å². The second-order valence-corrected chi connectivity index (χ2v) is 13.7. The van der Waals surface area contributed by atoms with E-state index in [-0.39, 0.29) is 12.2 Å². The Bertz CT molecular complexity index is 2430. The number of rotatable bonds is 11. The lowest BCUT2D eigenvalue weighted by molar-refractivity contribution is -0.138. The molecule has 9 heteroatoms. The molecule has 0 N–H and O–H groups in total. The van der Waals surface area contributed by atoms with Gasteiger partial charge in [0.05, 0.1) is 35.1 Å². The molecule has 5 aromatic carbocycles. The number of thioether (sulfide) groups is 1. The number of ether oxygens (including phenoxy) is 3. The van der Waals surface area contributed by atoms with Crippen LogP contribution < -0.4 is 24.4 Å². The standard InChI is InChI=1S/C42H36N2O5S2/c1-4-47-35-24-27(18-23-34(35)49-26-31-16-11-15-28-12-9-10-17-33(28)31)25-36-40(45)44-39(30-19-21-32(50-3)22-20-30)37(41(46)48-5-2)38(43-42(44)51-36)29-13-7-6-8-14-29/h6-25,39H,4-5,26H2,1-3H3/b36-25-/t39-/m0/s1. The van der Waals surface area contributed by atoms with Crippen LogP contribution in [-0.2, 0) is 16.1 Å². The molecule has 1 aliphatic rings. The largest absolute Gasteiger partial charge is 0.490 e. The second-order valence-electron chi connectivity index (χ2n) is 11.8. The van der Waals surface area contributed by atoms with Crippen LogP contribution in [-0.4, -0.2) is 30.0 Å². The van der Waals surface area contributed by atoms with Crippen molar-refractivity contribution in [3.8, 4) is 11.5 Å². The zero-order chi connectivity index (χ0) is 35.3. The first kappa shape index (κ1) is 34.1. The van der Waals surface area contributed by atoms with E-state index < -0.39 is 12.0 Å². The molecule has 0 radical (unpaired) electrons. The number of hydrogen-bond donors (Lipinski definition) is 0. The Labute approximate surface area is 304 Å². The van der Waals surface area contributed by atoms with E-state index in [1.54, 1.807) is 23.3 Å². The van der Waals surface area contributed by atoms with Gasteiger partial charge in [-0.2, -0.15) is 0 Å². The molecule has 2 heterocycles. The summed E-state index contributed by atoms with van der Waals surface area (Å²) >= 11 is 2.91. The van der Waals surface area contributed by atoms with Crippen molar-refractivity contribution < 1.29 is 19.0 Å². The number of carbonyl (C=O) groups excluding carboxylic acids is 1. The normalized spacial score (nSPS) is 14.3. The minimum atomic E-state index is -0.739. The molecule has 7 nitrogen and oxygen atoms in total. The first-order valence-electron chi connectivity index (χ1n) is 16.8. The summed E-state index contributed by atoms with van der Waals surface area (Å²) in [5.74, 6) is 0.694. The Morgan fingerprint density at radius 1 is 0.863 bits per heavy atom. The minimum Gasteiger partial charge on any atom is -0.490 e. The number of fused-ring (bicyclic) bond motifs is 2. The summed E-state index contributed by atoms with van der Waals surface area (Å²) in [6.07, 6.45) is 3.85.